The smallest absolute Gasteiger partial charge is 0.326 e. The van der Waals surface area contributed by atoms with E-state index >= 15 is 0 Å². The van der Waals surface area contributed by atoms with E-state index in [-0.39, 0.29) is 6.42 Å². The standard InChI is InChI=1S/C11H18N2O3/c1-3-4-9(10(14)15)13-11(16)12-6-8-5-7(8)2/h3,7-9H,1,4-6H2,2H3,(H,14,15)(H2,12,13,16). The Balaban J connectivity index is 2.24. The second kappa shape index (κ2) is 5.53. The van der Waals surface area contributed by atoms with Gasteiger partial charge in [-0.25, -0.2) is 9.59 Å². The summed E-state index contributed by atoms with van der Waals surface area (Å²) < 4.78 is 0. The topological polar surface area (TPSA) is 78.4 Å². The predicted molar refractivity (Wildman–Crippen MR) is 60.0 cm³/mol. The summed E-state index contributed by atoms with van der Waals surface area (Å²) in [5.74, 6) is 0.173. The lowest BCUT2D eigenvalue weighted by molar-refractivity contribution is -0.139. The van der Waals surface area contributed by atoms with Crippen molar-refractivity contribution in [2.45, 2.75) is 25.8 Å². The lowest BCUT2D eigenvalue weighted by Gasteiger charge is -2.13. The summed E-state index contributed by atoms with van der Waals surface area (Å²) in [6.45, 7) is 6.19. The van der Waals surface area contributed by atoms with Gasteiger partial charge in [-0.1, -0.05) is 13.0 Å². The number of carbonyl (C=O) groups is 2. The maximum atomic E-state index is 11.4. The van der Waals surface area contributed by atoms with E-state index in [4.69, 9.17) is 5.11 Å². The number of hydrogen-bond acceptors (Lipinski definition) is 2. The van der Waals surface area contributed by atoms with Crippen LogP contribution in [0.25, 0.3) is 0 Å². The molecule has 1 saturated carbocycles. The quantitative estimate of drug-likeness (QED) is 0.590. The average Bonchev–Trinajstić information content (AvgIpc) is 2.91. The zero-order valence-electron chi connectivity index (χ0n) is 9.40. The van der Waals surface area contributed by atoms with Crippen molar-refractivity contribution >= 4 is 12.0 Å². The first-order valence-electron chi connectivity index (χ1n) is 5.42. The summed E-state index contributed by atoms with van der Waals surface area (Å²) in [5.41, 5.74) is 0. The molecule has 0 heterocycles. The number of nitrogens with one attached hydrogen (secondary N) is 2. The third-order valence-electron chi connectivity index (χ3n) is 2.81. The lowest BCUT2D eigenvalue weighted by atomic mass is 10.2. The van der Waals surface area contributed by atoms with Crippen LogP contribution in [0.15, 0.2) is 12.7 Å². The van der Waals surface area contributed by atoms with E-state index in [1.807, 2.05) is 0 Å². The van der Waals surface area contributed by atoms with Gasteiger partial charge in [0.2, 0.25) is 0 Å². The zero-order chi connectivity index (χ0) is 12.1. The van der Waals surface area contributed by atoms with E-state index in [2.05, 4.69) is 24.1 Å². The lowest BCUT2D eigenvalue weighted by Crippen LogP contribution is -2.46. The molecule has 3 atom stereocenters. The second-order valence-electron chi connectivity index (χ2n) is 4.24. The van der Waals surface area contributed by atoms with Crippen LogP contribution in [0.1, 0.15) is 19.8 Å². The normalized spacial score (nSPS) is 24.3. The van der Waals surface area contributed by atoms with Crippen LogP contribution < -0.4 is 10.6 Å². The third kappa shape index (κ3) is 3.92. The third-order valence-corrected chi connectivity index (χ3v) is 2.81. The van der Waals surface area contributed by atoms with E-state index in [1.165, 1.54) is 6.08 Å². The molecule has 1 rings (SSSR count). The van der Waals surface area contributed by atoms with Gasteiger partial charge in [-0.15, -0.1) is 6.58 Å². The van der Waals surface area contributed by atoms with Crippen molar-refractivity contribution in [3.05, 3.63) is 12.7 Å². The molecule has 16 heavy (non-hydrogen) atoms. The minimum atomic E-state index is -1.05. The largest absolute Gasteiger partial charge is 0.480 e. The van der Waals surface area contributed by atoms with Crippen molar-refractivity contribution < 1.29 is 14.7 Å². The molecule has 3 N–H and O–H groups in total. The van der Waals surface area contributed by atoms with Crippen LogP contribution in [0.5, 0.6) is 0 Å². The Kier molecular flexibility index (Phi) is 4.34. The number of amides is 2. The molecule has 0 aromatic carbocycles. The van der Waals surface area contributed by atoms with E-state index in [1.54, 1.807) is 0 Å². The Hall–Kier alpha value is -1.52. The maximum Gasteiger partial charge on any atom is 0.326 e. The minimum absolute atomic E-state index is 0.225. The van der Waals surface area contributed by atoms with Gasteiger partial charge in [-0.05, 0) is 24.7 Å². The Morgan fingerprint density at radius 1 is 1.62 bits per heavy atom. The molecular weight excluding hydrogens is 208 g/mol. The van der Waals surface area contributed by atoms with E-state index < -0.39 is 18.0 Å². The van der Waals surface area contributed by atoms with Crippen LogP contribution in [0.2, 0.25) is 0 Å². The molecular formula is C11H18N2O3. The van der Waals surface area contributed by atoms with Crippen LogP contribution in [-0.2, 0) is 4.79 Å². The Morgan fingerprint density at radius 3 is 2.69 bits per heavy atom. The first-order valence-corrected chi connectivity index (χ1v) is 5.42. The number of carboxylic acid groups (broad SMARTS) is 1. The highest BCUT2D eigenvalue weighted by Crippen LogP contribution is 2.36. The summed E-state index contributed by atoms with van der Waals surface area (Å²) in [5, 5.41) is 13.9. The molecule has 0 spiro atoms. The average molecular weight is 226 g/mol. The Labute approximate surface area is 94.9 Å². The first kappa shape index (κ1) is 12.5. The number of carboxylic acids is 1. The fourth-order valence-electron chi connectivity index (χ4n) is 1.50. The fourth-order valence-corrected chi connectivity index (χ4v) is 1.50. The number of hydrogen-bond donors (Lipinski definition) is 3. The molecule has 5 heteroatoms. The van der Waals surface area contributed by atoms with E-state index in [9.17, 15) is 9.59 Å². The molecule has 3 unspecified atom stereocenters. The van der Waals surface area contributed by atoms with Crippen LogP contribution in [0.3, 0.4) is 0 Å². The van der Waals surface area contributed by atoms with Gasteiger partial charge in [0.05, 0.1) is 0 Å². The van der Waals surface area contributed by atoms with Crippen LogP contribution in [0.4, 0.5) is 4.79 Å². The molecule has 5 nitrogen and oxygen atoms in total. The number of rotatable bonds is 6. The monoisotopic (exact) mass is 226 g/mol. The van der Waals surface area contributed by atoms with Crippen molar-refractivity contribution in [2.75, 3.05) is 6.54 Å². The van der Waals surface area contributed by atoms with Crippen molar-refractivity contribution in [1.29, 1.82) is 0 Å². The van der Waals surface area contributed by atoms with Crippen molar-refractivity contribution in [3.63, 3.8) is 0 Å². The molecule has 1 aliphatic rings. The van der Waals surface area contributed by atoms with Crippen LogP contribution >= 0.6 is 0 Å². The van der Waals surface area contributed by atoms with Gasteiger partial charge in [0, 0.05) is 6.54 Å². The summed E-state index contributed by atoms with van der Waals surface area (Å²) >= 11 is 0. The van der Waals surface area contributed by atoms with Gasteiger partial charge in [-0.2, -0.15) is 0 Å². The number of carbonyl (C=O) groups excluding carboxylic acids is 1. The zero-order valence-corrected chi connectivity index (χ0v) is 9.40. The number of urea groups is 1. The fraction of sp³-hybridized carbons (Fsp3) is 0.636. The molecule has 0 saturated heterocycles. The molecule has 1 aliphatic carbocycles. The molecule has 1 fully saturated rings. The van der Waals surface area contributed by atoms with Gasteiger partial charge in [0.25, 0.3) is 0 Å². The summed E-state index contributed by atoms with van der Waals surface area (Å²) in [4.78, 5) is 22.1. The first-order chi connectivity index (χ1) is 7.54. The van der Waals surface area contributed by atoms with Crippen molar-refractivity contribution in [1.82, 2.24) is 10.6 Å². The summed E-state index contributed by atoms with van der Waals surface area (Å²) in [7, 11) is 0. The second-order valence-corrected chi connectivity index (χ2v) is 4.24. The molecule has 0 bridgehead atoms. The molecule has 2 amide bonds. The van der Waals surface area contributed by atoms with E-state index in [0.29, 0.717) is 18.4 Å². The predicted octanol–water partition coefficient (Wildman–Crippen LogP) is 0.971. The molecule has 90 valence electrons. The van der Waals surface area contributed by atoms with Crippen molar-refractivity contribution in [3.8, 4) is 0 Å². The van der Waals surface area contributed by atoms with Gasteiger partial charge in [0.1, 0.15) is 6.04 Å². The molecule has 0 aliphatic heterocycles. The van der Waals surface area contributed by atoms with Gasteiger partial charge >= 0.3 is 12.0 Å². The van der Waals surface area contributed by atoms with Crippen LogP contribution in [-0.4, -0.2) is 29.7 Å². The molecule has 0 aromatic rings. The maximum absolute atomic E-state index is 11.4. The Morgan fingerprint density at radius 2 is 2.25 bits per heavy atom. The SMILES string of the molecule is C=CCC(NC(=O)NCC1CC1C)C(=O)O. The van der Waals surface area contributed by atoms with Crippen molar-refractivity contribution in [2.24, 2.45) is 11.8 Å². The molecule has 0 radical (unpaired) electrons. The highest BCUT2D eigenvalue weighted by molar-refractivity contribution is 5.82. The van der Waals surface area contributed by atoms with Gasteiger partial charge < -0.3 is 15.7 Å². The Bertz CT molecular complexity index is 291. The number of aliphatic carboxylic acids is 1. The van der Waals surface area contributed by atoms with E-state index in [0.717, 1.165) is 6.42 Å². The van der Waals surface area contributed by atoms with Crippen LogP contribution in [0, 0.1) is 11.8 Å². The highest BCUT2D eigenvalue weighted by Gasteiger charge is 2.32. The van der Waals surface area contributed by atoms with Gasteiger partial charge in [0.15, 0.2) is 0 Å². The highest BCUT2D eigenvalue weighted by atomic mass is 16.4. The summed E-state index contributed by atoms with van der Waals surface area (Å²) in [6, 6.07) is -1.32. The summed E-state index contributed by atoms with van der Waals surface area (Å²) in [6.07, 6.45) is 2.83. The molecule has 0 aromatic heterocycles. The van der Waals surface area contributed by atoms with Gasteiger partial charge in [-0.3, -0.25) is 0 Å². The minimum Gasteiger partial charge on any atom is -0.480 e.